The maximum absolute atomic E-state index is 12.1. The molecule has 1 rings (SSSR count). The third-order valence-corrected chi connectivity index (χ3v) is 3.58. The monoisotopic (exact) mass is 274 g/mol. The van der Waals surface area contributed by atoms with Crippen LogP contribution in [-0.4, -0.2) is 27.8 Å². The molecule has 0 radical (unpaired) electrons. The molecule has 0 aliphatic rings. The molecule has 0 saturated heterocycles. The van der Waals surface area contributed by atoms with E-state index in [2.05, 4.69) is 10.4 Å². The van der Waals surface area contributed by atoms with Crippen LogP contribution in [-0.2, 0) is 7.05 Å². The molecule has 0 fully saturated rings. The molecule has 0 saturated carbocycles. The van der Waals surface area contributed by atoms with Crippen LogP contribution in [0.5, 0.6) is 0 Å². The Balaban J connectivity index is 0.00000289. The zero-order valence-corrected chi connectivity index (χ0v) is 12.5. The van der Waals surface area contributed by atoms with Crippen molar-refractivity contribution in [3.63, 3.8) is 0 Å². The van der Waals surface area contributed by atoms with Crippen LogP contribution in [0.4, 0.5) is 0 Å². The van der Waals surface area contributed by atoms with Gasteiger partial charge in [0.05, 0.1) is 17.3 Å². The fourth-order valence-electron chi connectivity index (χ4n) is 1.48. The quantitative estimate of drug-likeness (QED) is 0.868. The smallest absolute Gasteiger partial charge is 0.255 e. The third-order valence-electron chi connectivity index (χ3n) is 3.58. The van der Waals surface area contributed by atoms with Crippen molar-refractivity contribution in [3.8, 4) is 0 Å². The lowest BCUT2D eigenvalue weighted by atomic mass is 9.88. The molecule has 6 heteroatoms. The van der Waals surface area contributed by atoms with Crippen LogP contribution in [0.25, 0.3) is 0 Å². The highest BCUT2D eigenvalue weighted by Gasteiger charge is 2.29. The van der Waals surface area contributed by atoms with Gasteiger partial charge in [-0.05, 0) is 19.8 Å². The second kappa shape index (κ2) is 6.20. The van der Waals surface area contributed by atoms with Gasteiger partial charge in [0.2, 0.25) is 0 Å². The number of hydrogen-bond acceptors (Lipinski definition) is 3. The van der Waals surface area contributed by atoms with Crippen LogP contribution in [0.15, 0.2) is 6.20 Å². The number of nitrogens with two attached hydrogens (primary N) is 1. The number of halogens is 1. The highest BCUT2D eigenvalue weighted by molar-refractivity contribution is 5.95. The Labute approximate surface area is 115 Å². The van der Waals surface area contributed by atoms with E-state index < -0.39 is 0 Å². The minimum Gasteiger partial charge on any atom is -0.345 e. The molecule has 0 bridgehead atoms. The Kier molecular flexibility index (Phi) is 5.83. The summed E-state index contributed by atoms with van der Waals surface area (Å²) in [5, 5.41) is 7.06. The van der Waals surface area contributed by atoms with Crippen molar-refractivity contribution >= 4 is 18.3 Å². The number of hydrogen-bond donors (Lipinski definition) is 2. The number of nitrogens with zero attached hydrogens (tertiary/aromatic N) is 2. The van der Waals surface area contributed by atoms with Gasteiger partial charge in [-0.1, -0.05) is 13.8 Å². The van der Waals surface area contributed by atoms with E-state index in [1.54, 1.807) is 10.9 Å². The Bertz CT molecular complexity index is 416. The van der Waals surface area contributed by atoms with Crippen LogP contribution in [0.2, 0.25) is 0 Å². The Morgan fingerprint density at radius 2 is 2.17 bits per heavy atom. The lowest BCUT2D eigenvalue weighted by Gasteiger charge is -2.33. The summed E-state index contributed by atoms with van der Waals surface area (Å²) in [5.41, 5.74) is 6.81. The number of carbonyl (C=O) groups is 1. The van der Waals surface area contributed by atoms with Gasteiger partial charge in [-0.25, -0.2) is 0 Å². The summed E-state index contributed by atoms with van der Waals surface area (Å²) >= 11 is 0. The number of aromatic nitrogens is 2. The normalized spacial score (nSPS) is 13.9. The molecule has 18 heavy (non-hydrogen) atoms. The molecule has 5 nitrogen and oxygen atoms in total. The molecule has 104 valence electrons. The van der Waals surface area contributed by atoms with Crippen molar-refractivity contribution in [3.05, 3.63) is 17.5 Å². The third kappa shape index (κ3) is 3.23. The van der Waals surface area contributed by atoms with Gasteiger partial charge in [0.15, 0.2) is 0 Å². The fraction of sp³-hybridized carbons (Fsp3) is 0.667. The zero-order valence-electron chi connectivity index (χ0n) is 11.7. The van der Waals surface area contributed by atoms with Gasteiger partial charge in [0.25, 0.3) is 5.91 Å². The van der Waals surface area contributed by atoms with Crippen LogP contribution < -0.4 is 11.1 Å². The molecule has 0 aliphatic heterocycles. The summed E-state index contributed by atoms with van der Waals surface area (Å²) in [6.45, 7) is 8.33. The molecule has 1 atom stereocenters. The van der Waals surface area contributed by atoms with Crippen LogP contribution in [0.1, 0.15) is 36.8 Å². The molecule has 1 aromatic rings. The number of aryl methyl sites for hydroxylation is 1. The van der Waals surface area contributed by atoms with E-state index in [4.69, 9.17) is 5.73 Å². The predicted molar refractivity (Wildman–Crippen MR) is 75.0 cm³/mol. The van der Waals surface area contributed by atoms with Gasteiger partial charge >= 0.3 is 0 Å². The highest BCUT2D eigenvalue weighted by Crippen LogP contribution is 2.16. The van der Waals surface area contributed by atoms with E-state index in [9.17, 15) is 4.79 Å². The molecular weight excluding hydrogens is 252 g/mol. The van der Waals surface area contributed by atoms with Gasteiger partial charge in [-0.3, -0.25) is 9.48 Å². The average molecular weight is 275 g/mol. The van der Waals surface area contributed by atoms with Gasteiger partial charge in [-0.2, -0.15) is 5.10 Å². The SMILES string of the molecule is Cc1c(C(=O)NC(C)(CN)C(C)C)cnn1C.Cl. The molecule has 0 aliphatic carbocycles. The van der Waals surface area contributed by atoms with E-state index in [-0.39, 0.29) is 29.8 Å². The van der Waals surface area contributed by atoms with Crippen LogP contribution >= 0.6 is 12.4 Å². The summed E-state index contributed by atoms with van der Waals surface area (Å²) in [5.74, 6) is 0.158. The number of carbonyl (C=O) groups excluding carboxylic acids is 1. The topological polar surface area (TPSA) is 72.9 Å². The second-order valence-corrected chi connectivity index (χ2v) is 5.00. The summed E-state index contributed by atoms with van der Waals surface area (Å²) in [6.07, 6.45) is 1.59. The summed E-state index contributed by atoms with van der Waals surface area (Å²) < 4.78 is 1.68. The van der Waals surface area contributed by atoms with Crippen LogP contribution in [0, 0.1) is 12.8 Å². The zero-order chi connectivity index (χ0) is 13.2. The minimum absolute atomic E-state index is 0. The minimum atomic E-state index is -0.390. The van der Waals surface area contributed by atoms with Gasteiger partial charge in [-0.15, -0.1) is 12.4 Å². The Hall–Kier alpha value is -1.07. The Morgan fingerprint density at radius 3 is 2.50 bits per heavy atom. The van der Waals surface area contributed by atoms with Gasteiger partial charge in [0, 0.05) is 19.3 Å². The van der Waals surface area contributed by atoms with Crippen molar-refractivity contribution in [2.75, 3.05) is 6.54 Å². The van der Waals surface area contributed by atoms with E-state index in [0.717, 1.165) is 5.69 Å². The fourth-order valence-corrected chi connectivity index (χ4v) is 1.48. The largest absolute Gasteiger partial charge is 0.345 e. The van der Waals surface area contributed by atoms with E-state index >= 15 is 0 Å². The average Bonchev–Trinajstić information content (AvgIpc) is 2.59. The van der Waals surface area contributed by atoms with Crippen molar-refractivity contribution < 1.29 is 4.79 Å². The first-order chi connectivity index (χ1) is 7.81. The van der Waals surface area contributed by atoms with Gasteiger partial charge < -0.3 is 11.1 Å². The maximum Gasteiger partial charge on any atom is 0.255 e. The molecule has 3 N–H and O–H groups in total. The molecule has 0 aromatic carbocycles. The first-order valence-corrected chi connectivity index (χ1v) is 5.83. The molecule has 1 amide bonds. The van der Waals surface area contributed by atoms with E-state index in [1.807, 2.05) is 34.7 Å². The number of amides is 1. The number of rotatable bonds is 4. The lowest BCUT2D eigenvalue weighted by molar-refractivity contribution is 0.0882. The molecule has 1 aromatic heterocycles. The van der Waals surface area contributed by atoms with Gasteiger partial charge in [0.1, 0.15) is 0 Å². The Morgan fingerprint density at radius 1 is 1.61 bits per heavy atom. The predicted octanol–water partition coefficient (Wildman–Crippen LogP) is 1.25. The van der Waals surface area contributed by atoms with Crippen molar-refractivity contribution in [1.82, 2.24) is 15.1 Å². The molecule has 1 unspecified atom stereocenters. The lowest BCUT2D eigenvalue weighted by Crippen LogP contribution is -2.55. The summed E-state index contributed by atoms with van der Waals surface area (Å²) in [7, 11) is 1.82. The first kappa shape index (κ1) is 16.9. The number of nitrogens with one attached hydrogen (secondary N) is 1. The van der Waals surface area contributed by atoms with Crippen molar-refractivity contribution in [2.45, 2.75) is 33.2 Å². The second-order valence-electron chi connectivity index (χ2n) is 5.00. The summed E-state index contributed by atoms with van der Waals surface area (Å²) in [4.78, 5) is 12.1. The van der Waals surface area contributed by atoms with Crippen LogP contribution in [0.3, 0.4) is 0 Å². The highest BCUT2D eigenvalue weighted by atomic mass is 35.5. The van der Waals surface area contributed by atoms with E-state index in [0.29, 0.717) is 12.1 Å². The van der Waals surface area contributed by atoms with Crippen molar-refractivity contribution in [2.24, 2.45) is 18.7 Å². The standard InChI is InChI=1S/C12H22N4O.ClH/c1-8(2)12(4,7-13)15-11(17)10-6-14-16(5)9(10)3;/h6,8H,7,13H2,1-5H3,(H,15,17);1H. The first-order valence-electron chi connectivity index (χ1n) is 5.83. The van der Waals surface area contributed by atoms with Crippen molar-refractivity contribution in [1.29, 1.82) is 0 Å². The maximum atomic E-state index is 12.1. The molecule has 0 spiro atoms. The summed E-state index contributed by atoms with van der Waals surface area (Å²) in [6, 6.07) is 0. The van der Waals surface area contributed by atoms with E-state index in [1.165, 1.54) is 0 Å². The molecular formula is C12H23ClN4O. The molecule has 1 heterocycles.